The molecule has 244 valence electrons. The largest absolute Gasteiger partial charge is 0.358 e. The van der Waals surface area contributed by atoms with Crippen LogP contribution in [0.15, 0.2) is 48.5 Å². The summed E-state index contributed by atoms with van der Waals surface area (Å²) in [6, 6.07) is 15.2. The van der Waals surface area contributed by atoms with E-state index in [0.717, 1.165) is 42.0 Å². The molecule has 0 radical (unpaired) electrons. The smallest absolute Gasteiger partial charge is 0.246 e. The number of thioether (sulfide) groups is 1. The summed E-state index contributed by atoms with van der Waals surface area (Å²) in [4.78, 5) is 35.1. The van der Waals surface area contributed by atoms with E-state index in [1.807, 2.05) is 22.7 Å². The lowest BCUT2D eigenvalue weighted by molar-refractivity contribution is -0.153. The van der Waals surface area contributed by atoms with E-state index in [2.05, 4.69) is 55.3 Å². The number of amides is 2. The molecule has 3 aromatic rings. The first-order valence-corrected chi connectivity index (χ1v) is 18.8. The molecule has 2 N–H and O–H groups in total. The van der Waals surface area contributed by atoms with Crippen LogP contribution >= 0.6 is 11.8 Å². The number of hydrogen-bond donors (Lipinski definition) is 2. The van der Waals surface area contributed by atoms with Crippen LogP contribution in [-0.4, -0.2) is 44.3 Å². The summed E-state index contributed by atoms with van der Waals surface area (Å²) in [6.07, 6.45) is 8.69. The number of aromatic amines is 1. The van der Waals surface area contributed by atoms with Crippen molar-refractivity contribution in [2.45, 2.75) is 102 Å². The highest BCUT2D eigenvalue weighted by Gasteiger charge is 2.61. The number of aryl methyl sites for hydroxylation is 1. The molecule has 5 aliphatic carbocycles. The third kappa shape index (κ3) is 5.02. The first kappa shape index (κ1) is 30.5. The number of fused-ring (bicyclic) bond motifs is 1. The lowest BCUT2D eigenvalue weighted by atomic mass is 9.53. The maximum Gasteiger partial charge on any atom is 0.246 e. The molecule has 2 aromatic carbocycles. The molecule has 2 amide bonds. The summed E-state index contributed by atoms with van der Waals surface area (Å²) in [5.74, 6) is 3.83. The van der Waals surface area contributed by atoms with Crippen molar-refractivity contribution in [3.63, 3.8) is 0 Å². The van der Waals surface area contributed by atoms with Crippen LogP contribution in [0.4, 0.5) is 4.39 Å². The lowest BCUT2D eigenvalue weighted by Gasteiger charge is -2.58. The minimum Gasteiger partial charge on any atom is -0.358 e. The standard InChI is InChI=1S/C39H48FN3O2S/c1-24-34(29-9-5-7-11-32(29)41-24)35-30(37(35,2)3)19-33(44)43(23-28-8-4-6-10-31(28)40)39(12-14-46-15-13-39)36(45)42-38-20-25-16-26(21-38)18-27(17-25)22-38/h4-11,25-27,30,35,41H,12-23H2,1-3H3,(H,42,45)/t25?,26?,27?,30-,35-,38?/m0/s1. The van der Waals surface area contributed by atoms with Crippen LogP contribution in [0.5, 0.6) is 0 Å². The zero-order valence-corrected chi connectivity index (χ0v) is 28.4. The molecule has 4 bridgehead atoms. The van der Waals surface area contributed by atoms with Gasteiger partial charge in [-0.3, -0.25) is 9.59 Å². The highest BCUT2D eigenvalue weighted by atomic mass is 32.2. The number of aromatic nitrogens is 1. The van der Waals surface area contributed by atoms with Crippen LogP contribution < -0.4 is 5.32 Å². The van der Waals surface area contributed by atoms with Crippen molar-refractivity contribution in [3.8, 4) is 0 Å². The number of carbonyl (C=O) groups is 2. The molecule has 6 fully saturated rings. The van der Waals surface area contributed by atoms with Crippen molar-refractivity contribution in [2.75, 3.05) is 11.5 Å². The molecular formula is C39H48FN3O2S. The lowest BCUT2D eigenvalue weighted by Crippen LogP contribution is -2.68. The van der Waals surface area contributed by atoms with E-state index in [1.165, 1.54) is 36.3 Å². The molecule has 6 aliphatic rings. The summed E-state index contributed by atoms with van der Waals surface area (Å²) >= 11 is 1.85. The Balaban J connectivity index is 1.12. The van der Waals surface area contributed by atoms with Gasteiger partial charge in [0.15, 0.2) is 0 Å². The van der Waals surface area contributed by atoms with Gasteiger partial charge in [-0.05, 0) is 122 Å². The van der Waals surface area contributed by atoms with Gasteiger partial charge in [-0.2, -0.15) is 11.8 Å². The number of carbonyl (C=O) groups excluding carboxylic acids is 2. The Morgan fingerprint density at radius 3 is 2.26 bits per heavy atom. The second-order valence-electron chi connectivity index (χ2n) is 16.2. The van der Waals surface area contributed by atoms with Gasteiger partial charge in [-0.25, -0.2) is 4.39 Å². The number of H-pyrrole nitrogens is 1. The second-order valence-corrected chi connectivity index (χ2v) is 17.4. The van der Waals surface area contributed by atoms with Crippen molar-refractivity contribution >= 4 is 34.5 Å². The normalized spacial score (nSPS) is 32.0. The van der Waals surface area contributed by atoms with Crippen molar-refractivity contribution in [1.82, 2.24) is 15.2 Å². The van der Waals surface area contributed by atoms with Crippen LogP contribution in [0.2, 0.25) is 0 Å². The number of nitrogens with zero attached hydrogens (tertiary/aromatic N) is 1. The van der Waals surface area contributed by atoms with E-state index in [-0.39, 0.29) is 47.0 Å². The van der Waals surface area contributed by atoms with Crippen LogP contribution in [0.25, 0.3) is 10.9 Å². The number of nitrogens with one attached hydrogen (secondary N) is 2. The number of hydrogen-bond acceptors (Lipinski definition) is 3. The first-order valence-electron chi connectivity index (χ1n) is 17.6. The second kappa shape index (κ2) is 11.1. The van der Waals surface area contributed by atoms with Gasteiger partial charge < -0.3 is 15.2 Å². The van der Waals surface area contributed by atoms with Gasteiger partial charge in [0.05, 0.1) is 0 Å². The molecule has 2 atom stereocenters. The molecule has 5 saturated carbocycles. The Kier molecular flexibility index (Phi) is 7.39. The van der Waals surface area contributed by atoms with E-state index < -0.39 is 5.54 Å². The number of rotatable bonds is 8. The topological polar surface area (TPSA) is 65.2 Å². The number of para-hydroxylation sites is 1. The zero-order chi connectivity index (χ0) is 31.8. The minimum absolute atomic E-state index is 0.0125. The monoisotopic (exact) mass is 641 g/mol. The molecule has 0 spiro atoms. The molecule has 2 heterocycles. The van der Waals surface area contributed by atoms with Gasteiger partial charge in [0.25, 0.3) is 0 Å². The number of benzene rings is 2. The molecule has 0 unspecified atom stereocenters. The average Bonchev–Trinajstić information content (AvgIpc) is 3.36. The first-order chi connectivity index (χ1) is 22.1. The highest BCUT2D eigenvalue weighted by Crippen LogP contribution is 2.67. The fourth-order valence-electron chi connectivity index (χ4n) is 10.9. The van der Waals surface area contributed by atoms with Gasteiger partial charge >= 0.3 is 0 Å². The van der Waals surface area contributed by atoms with E-state index in [1.54, 1.807) is 12.1 Å². The molecular weight excluding hydrogens is 594 g/mol. The van der Waals surface area contributed by atoms with Crippen molar-refractivity contribution in [3.05, 3.63) is 71.2 Å². The summed E-state index contributed by atoms with van der Waals surface area (Å²) in [6.45, 7) is 6.79. The SMILES string of the molecule is Cc1[nH]c2ccccc2c1[C@@H]1[C@H](CC(=O)N(Cc2ccccc2F)C2(C(=O)NC34CC5CC(CC(C5)C3)C4)CCSCC2)C1(C)C. The van der Waals surface area contributed by atoms with Gasteiger partial charge in [-0.1, -0.05) is 50.2 Å². The molecule has 1 saturated heterocycles. The van der Waals surface area contributed by atoms with Gasteiger partial charge in [0.1, 0.15) is 11.4 Å². The van der Waals surface area contributed by atoms with Crippen molar-refractivity contribution < 1.29 is 14.0 Å². The Morgan fingerprint density at radius 1 is 0.957 bits per heavy atom. The van der Waals surface area contributed by atoms with Crippen LogP contribution in [-0.2, 0) is 16.1 Å². The molecule has 9 rings (SSSR count). The summed E-state index contributed by atoms with van der Waals surface area (Å²) in [7, 11) is 0. The highest BCUT2D eigenvalue weighted by molar-refractivity contribution is 7.99. The third-order valence-corrected chi connectivity index (χ3v) is 13.9. The van der Waals surface area contributed by atoms with Crippen LogP contribution in [0.3, 0.4) is 0 Å². The minimum atomic E-state index is -0.973. The summed E-state index contributed by atoms with van der Waals surface area (Å²) in [5, 5.41) is 4.90. The maximum atomic E-state index is 15.3. The van der Waals surface area contributed by atoms with E-state index >= 15 is 4.39 Å². The van der Waals surface area contributed by atoms with E-state index in [9.17, 15) is 9.59 Å². The predicted octanol–water partition coefficient (Wildman–Crippen LogP) is 8.12. The summed E-state index contributed by atoms with van der Waals surface area (Å²) in [5.41, 5.74) is 2.90. The van der Waals surface area contributed by atoms with E-state index in [4.69, 9.17) is 0 Å². The zero-order valence-electron chi connectivity index (χ0n) is 27.5. The maximum absolute atomic E-state index is 15.3. The third-order valence-electron chi connectivity index (χ3n) is 13.0. The fraction of sp³-hybridized carbons (Fsp3) is 0.590. The molecule has 1 aromatic heterocycles. The Hall–Kier alpha value is -2.80. The van der Waals surface area contributed by atoms with Crippen molar-refractivity contribution in [1.29, 1.82) is 0 Å². The molecule has 7 heteroatoms. The molecule has 46 heavy (non-hydrogen) atoms. The Labute approximate surface area is 276 Å². The molecule has 1 aliphatic heterocycles. The average molecular weight is 642 g/mol. The van der Waals surface area contributed by atoms with Gasteiger partial charge in [-0.15, -0.1) is 0 Å². The van der Waals surface area contributed by atoms with Crippen LogP contribution in [0.1, 0.15) is 94.4 Å². The predicted molar refractivity (Wildman–Crippen MR) is 183 cm³/mol. The Morgan fingerprint density at radius 2 is 1.59 bits per heavy atom. The number of halogens is 1. The Bertz CT molecular complexity index is 1640. The van der Waals surface area contributed by atoms with Crippen molar-refractivity contribution in [2.24, 2.45) is 29.1 Å². The molecule has 5 nitrogen and oxygen atoms in total. The van der Waals surface area contributed by atoms with Gasteiger partial charge in [0, 0.05) is 40.7 Å². The summed E-state index contributed by atoms with van der Waals surface area (Å²) < 4.78 is 15.3. The van der Waals surface area contributed by atoms with E-state index in [0.29, 0.717) is 42.6 Å². The van der Waals surface area contributed by atoms with Gasteiger partial charge in [0.2, 0.25) is 11.8 Å². The van der Waals surface area contributed by atoms with Crippen LogP contribution in [0, 0.1) is 41.8 Å². The fourth-order valence-corrected chi connectivity index (χ4v) is 12.1. The quantitative estimate of drug-likeness (QED) is 0.261.